The summed E-state index contributed by atoms with van der Waals surface area (Å²) in [6.07, 6.45) is 0. The predicted octanol–water partition coefficient (Wildman–Crippen LogP) is 1.92. The number of hydrogen-bond donors (Lipinski definition) is 2. The first kappa shape index (κ1) is 21.2. The van der Waals surface area contributed by atoms with Gasteiger partial charge in [-0.2, -0.15) is 4.31 Å². The van der Waals surface area contributed by atoms with Crippen LogP contribution in [0.15, 0.2) is 23.1 Å². The maximum atomic E-state index is 13.1. The Morgan fingerprint density at radius 2 is 1.86 bits per heavy atom. The Hall–Kier alpha value is -2.56. The zero-order chi connectivity index (χ0) is 21.2. The lowest BCUT2D eigenvalue weighted by Crippen LogP contribution is -2.40. The number of benzene rings is 1. The Morgan fingerprint density at radius 1 is 1.17 bits per heavy atom. The van der Waals surface area contributed by atoms with Gasteiger partial charge in [-0.25, -0.2) is 8.42 Å². The molecule has 0 spiro atoms. The van der Waals surface area contributed by atoms with Crippen molar-refractivity contribution in [3.8, 4) is 11.5 Å². The second-order valence-corrected chi connectivity index (χ2v) is 8.49. The second kappa shape index (κ2) is 8.44. The third kappa shape index (κ3) is 4.09. The topological polar surface area (TPSA) is 110 Å². The van der Waals surface area contributed by atoms with Crippen LogP contribution >= 0.6 is 0 Å². The molecular weight excluding hydrogens is 398 g/mol. The summed E-state index contributed by atoms with van der Waals surface area (Å²) in [6, 6.07) is 5.00. The van der Waals surface area contributed by atoms with Crippen molar-refractivity contribution in [2.75, 3.05) is 45.8 Å². The number of sulfonamides is 1. The number of nitrogens with zero attached hydrogens (tertiary/aromatic N) is 1. The molecule has 0 unspecified atom stereocenters. The SMILES string of the molecule is COc1ccc(NC(=O)c2[nH]c(C)c(S(=O)(=O)N3CCOCC3)c2C)c(OC)c1. The molecule has 29 heavy (non-hydrogen) atoms. The number of ether oxygens (including phenoxy) is 3. The van der Waals surface area contributed by atoms with Gasteiger partial charge in [0.2, 0.25) is 10.0 Å². The van der Waals surface area contributed by atoms with E-state index in [4.69, 9.17) is 14.2 Å². The highest BCUT2D eigenvalue weighted by atomic mass is 32.2. The van der Waals surface area contributed by atoms with E-state index in [1.807, 2.05) is 0 Å². The van der Waals surface area contributed by atoms with Gasteiger partial charge in [-0.15, -0.1) is 0 Å². The molecule has 10 heteroatoms. The van der Waals surface area contributed by atoms with Crippen LogP contribution < -0.4 is 14.8 Å². The fourth-order valence-corrected chi connectivity index (χ4v) is 5.16. The van der Waals surface area contributed by atoms with E-state index in [1.54, 1.807) is 32.0 Å². The van der Waals surface area contributed by atoms with Gasteiger partial charge in [0, 0.05) is 24.8 Å². The average Bonchev–Trinajstić information content (AvgIpc) is 3.03. The predicted molar refractivity (Wildman–Crippen MR) is 107 cm³/mol. The molecule has 0 aliphatic carbocycles. The van der Waals surface area contributed by atoms with Gasteiger partial charge in [-0.1, -0.05) is 0 Å². The van der Waals surface area contributed by atoms with Crippen LogP contribution in [0, 0.1) is 13.8 Å². The molecule has 1 aromatic carbocycles. The molecule has 1 aliphatic rings. The van der Waals surface area contributed by atoms with Gasteiger partial charge in [-0.05, 0) is 31.5 Å². The highest BCUT2D eigenvalue weighted by Gasteiger charge is 2.32. The van der Waals surface area contributed by atoms with Crippen LogP contribution in [-0.4, -0.2) is 64.1 Å². The van der Waals surface area contributed by atoms with E-state index < -0.39 is 15.9 Å². The van der Waals surface area contributed by atoms with Crippen molar-refractivity contribution in [3.63, 3.8) is 0 Å². The molecule has 3 rings (SSSR count). The molecular formula is C19H25N3O6S. The highest BCUT2D eigenvalue weighted by molar-refractivity contribution is 7.89. The van der Waals surface area contributed by atoms with Crippen molar-refractivity contribution in [3.05, 3.63) is 35.2 Å². The van der Waals surface area contributed by atoms with Crippen LogP contribution in [0.3, 0.4) is 0 Å². The molecule has 0 atom stereocenters. The molecule has 158 valence electrons. The first-order chi connectivity index (χ1) is 13.8. The zero-order valence-corrected chi connectivity index (χ0v) is 17.7. The monoisotopic (exact) mass is 423 g/mol. The van der Waals surface area contributed by atoms with Crippen LogP contribution in [0.4, 0.5) is 5.69 Å². The summed E-state index contributed by atoms with van der Waals surface area (Å²) in [6.45, 7) is 4.55. The Kier molecular flexibility index (Phi) is 6.15. The van der Waals surface area contributed by atoms with Gasteiger partial charge >= 0.3 is 0 Å². The van der Waals surface area contributed by atoms with Crippen LogP contribution in [0.5, 0.6) is 11.5 Å². The van der Waals surface area contributed by atoms with Crippen LogP contribution in [0.1, 0.15) is 21.7 Å². The Balaban J connectivity index is 1.91. The number of rotatable bonds is 6. The number of amides is 1. The zero-order valence-electron chi connectivity index (χ0n) is 16.9. The van der Waals surface area contributed by atoms with Crippen LogP contribution in [0.2, 0.25) is 0 Å². The number of H-pyrrole nitrogens is 1. The fraction of sp³-hybridized carbons (Fsp3) is 0.421. The van der Waals surface area contributed by atoms with Gasteiger partial charge in [0.25, 0.3) is 5.91 Å². The van der Waals surface area contributed by atoms with E-state index in [1.165, 1.54) is 18.5 Å². The van der Waals surface area contributed by atoms with Crippen molar-refractivity contribution < 1.29 is 27.4 Å². The van der Waals surface area contributed by atoms with E-state index >= 15 is 0 Å². The number of aromatic amines is 1. The molecule has 1 aromatic heterocycles. The summed E-state index contributed by atoms with van der Waals surface area (Å²) in [5, 5.41) is 2.76. The molecule has 2 heterocycles. The molecule has 1 fully saturated rings. The molecule has 2 aromatic rings. The largest absolute Gasteiger partial charge is 0.497 e. The summed E-state index contributed by atoms with van der Waals surface area (Å²) in [4.78, 5) is 15.9. The van der Waals surface area contributed by atoms with Gasteiger partial charge in [0.15, 0.2) is 0 Å². The molecule has 2 N–H and O–H groups in total. The van der Waals surface area contributed by atoms with Crippen molar-refractivity contribution in [2.24, 2.45) is 0 Å². The minimum Gasteiger partial charge on any atom is -0.497 e. The average molecular weight is 423 g/mol. The summed E-state index contributed by atoms with van der Waals surface area (Å²) in [5.41, 5.74) is 1.43. The number of aryl methyl sites for hydroxylation is 1. The molecule has 1 amide bonds. The van der Waals surface area contributed by atoms with Gasteiger partial charge in [0.05, 0.1) is 33.1 Å². The lowest BCUT2D eigenvalue weighted by Gasteiger charge is -2.26. The number of methoxy groups -OCH3 is 2. The van der Waals surface area contributed by atoms with Gasteiger partial charge in [0.1, 0.15) is 22.1 Å². The standard InChI is InChI=1S/C19H25N3O6S/c1-12-17(19(23)21-15-6-5-14(26-3)11-16(15)27-4)20-13(2)18(12)29(24,25)22-7-9-28-10-8-22/h5-6,11,20H,7-10H2,1-4H3,(H,21,23). The minimum atomic E-state index is -3.73. The molecule has 1 saturated heterocycles. The van der Waals surface area contributed by atoms with E-state index in [-0.39, 0.29) is 23.7 Å². The highest BCUT2D eigenvalue weighted by Crippen LogP contribution is 2.31. The minimum absolute atomic E-state index is 0.131. The quantitative estimate of drug-likeness (QED) is 0.735. The second-order valence-electron chi connectivity index (χ2n) is 6.62. The van der Waals surface area contributed by atoms with Crippen molar-refractivity contribution in [1.29, 1.82) is 0 Å². The smallest absolute Gasteiger partial charge is 0.272 e. The lowest BCUT2D eigenvalue weighted by molar-refractivity contribution is 0.0730. The van der Waals surface area contributed by atoms with Crippen molar-refractivity contribution in [1.82, 2.24) is 9.29 Å². The molecule has 0 radical (unpaired) electrons. The third-order valence-corrected chi connectivity index (χ3v) is 6.99. The van der Waals surface area contributed by atoms with E-state index in [0.29, 0.717) is 41.7 Å². The Bertz CT molecular complexity index is 1010. The molecule has 1 aliphatic heterocycles. The number of aromatic nitrogens is 1. The summed E-state index contributed by atoms with van der Waals surface area (Å²) in [5.74, 6) is 0.558. The van der Waals surface area contributed by atoms with Gasteiger partial charge < -0.3 is 24.5 Å². The van der Waals surface area contributed by atoms with Crippen LogP contribution in [-0.2, 0) is 14.8 Å². The van der Waals surface area contributed by atoms with E-state index in [9.17, 15) is 13.2 Å². The number of nitrogens with one attached hydrogen (secondary N) is 2. The first-order valence-electron chi connectivity index (χ1n) is 9.10. The third-order valence-electron chi connectivity index (χ3n) is 4.82. The number of morpholine rings is 1. The fourth-order valence-electron chi connectivity index (χ4n) is 3.35. The van der Waals surface area contributed by atoms with Crippen LogP contribution in [0.25, 0.3) is 0 Å². The van der Waals surface area contributed by atoms with Gasteiger partial charge in [-0.3, -0.25) is 4.79 Å². The number of carbonyl (C=O) groups is 1. The van der Waals surface area contributed by atoms with E-state index in [2.05, 4.69) is 10.3 Å². The number of carbonyl (C=O) groups excluding carboxylic acids is 1. The normalized spacial score (nSPS) is 15.2. The summed E-state index contributed by atoms with van der Waals surface area (Å²) in [7, 11) is -0.706. The summed E-state index contributed by atoms with van der Waals surface area (Å²) < 4.78 is 43.2. The summed E-state index contributed by atoms with van der Waals surface area (Å²) >= 11 is 0. The maximum absolute atomic E-state index is 13.1. The maximum Gasteiger partial charge on any atom is 0.272 e. The van der Waals surface area contributed by atoms with Crippen molar-refractivity contribution in [2.45, 2.75) is 18.7 Å². The Labute approximate surface area is 170 Å². The molecule has 0 saturated carbocycles. The number of hydrogen-bond acceptors (Lipinski definition) is 6. The number of anilines is 1. The lowest BCUT2D eigenvalue weighted by atomic mass is 10.2. The Morgan fingerprint density at radius 3 is 2.48 bits per heavy atom. The first-order valence-corrected chi connectivity index (χ1v) is 10.5. The molecule has 0 bridgehead atoms. The van der Waals surface area contributed by atoms with E-state index in [0.717, 1.165) is 0 Å². The van der Waals surface area contributed by atoms with Crippen molar-refractivity contribution >= 4 is 21.6 Å². The molecule has 9 nitrogen and oxygen atoms in total.